The van der Waals surface area contributed by atoms with Crippen LogP contribution in [-0.2, 0) is 26.2 Å². The largest absolute Gasteiger partial charge is 0.497 e. The van der Waals surface area contributed by atoms with Gasteiger partial charge in [0.05, 0.1) is 27.7 Å². The fourth-order valence-corrected chi connectivity index (χ4v) is 5.38. The van der Waals surface area contributed by atoms with E-state index in [1.54, 1.807) is 67.6 Å². The maximum Gasteiger partial charge on any atom is 0.264 e. The molecule has 3 aromatic carbocycles. The van der Waals surface area contributed by atoms with E-state index >= 15 is 0 Å². The first-order valence-electron chi connectivity index (χ1n) is 11.2. The molecule has 196 valence electrons. The van der Waals surface area contributed by atoms with Crippen molar-refractivity contribution in [2.24, 2.45) is 0 Å². The molecule has 0 fully saturated rings. The molecule has 0 saturated carbocycles. The fraction of sp³-hybridized carbons (Fsp3) is 0.231. The Balaban J connectivity index is 2.03. The van der Waals surface area contributed by atoms with Gasteiger partial charge in [0.1, 0.15) is 18.3 Å². The van der Waals surface area contributed by atoms with Crippen LogP contribution in [0.2, 0.25) is 10.0 Å². The molecule has 0 aromatic heterocycles. The van der Waals surface area contributed by atoms with Gasteiger partial charge in [0, 0.05) is 13.6 Å². The Hall–Kier alpha value is -3.27. The number of carbonyl (C=O) groups excluding carboxylic acids is 2. The summed E-state index contributed by atoms with van der Waals surface area (Å²) in [6, 6.07) is 18.1. The molecule has 0 heterocycles. The third-order valence-corrected chi connectivity index (χ3v) is 8.25. The summed E-state index contributed by atoms with van der Waals surface area (Å²) in [7, 11) is -1.17. The van der Waals surface area contributed by atoms with Crippen LogP contribution in [0.4, 0.5) is 5.69 Å². The van der Waals surface area contributed by atoms with Crippen LogP contribution in [0.3, 0.4) is 0 Å². The standard InChI is InChI=1S/C26H27Cl2N3O5S/c1-18(26(33)29-2)30(16-19-9-14-23(27)24(28)15-19)25(32)17-31(20-10-12-21(36-3)13-11-20)37(34,35)22-7-5-4-6-8-22/h4-15,18H,16-17H2,1-3H3,(H,29,33)/t18-/m0/s1. The van der Waals surface area contributed by atoms with Gasteiger partial charge in [0.25, 0.3) is 10.0 Å². The highest BCUT2D eigenvalue weighted by molar-refractivity contribution is 7.92. The topological polar surface area (TPSA) is 96.0 Å². The van der Waals surface area contributed by atoms with Crippen molar-refractivity contribution in [1.29, 1.82) is 0 Å². The molecule has 8 nitrogen and oxygen atoms in total. The van der Waals surface area contributed by atoms with E-state index < -0.39 is 34.4 Å². The van der Waals surface area contributed by atoms with Gasteiger partial charge in [-0.2, -0.15) is 0 Å². The van der Waals surface area contributed by atoms with Crippen LogP contribution in [0, 0.1) is 0 Å². The average Bonchev–Trinajstić information content (AvgIpc) is 2.91. The Kier molecular flexibility index (Phi) is 9.42. The Morgan fingerprint density at radius 3 is 2.19 bits per heavy atom. The van der Waals surface area contributed by atoms with Gasteiger partial charge in [-0.05, 0) is 61.0 Å². The van der Waals surface area contributed by atoms with Gasteiger partial charge in [0.2, 0.25) is 11.8 Å². The van der Waals surface area contributed by atoms with E-state index in [1.165, 1.54) is 31.2 Å². The monoisotopic (exact) mass is 563 g/mol. The van der Waals surface area contributed by atoms with E-state index in [9.17, 15) is 18.0 Å². The van der Waals surface area contributed by atoms with E-state index in [2.05, 4.69) is 5.32 Å². The average molecular weight is 564 g/mol. The molecule has 0 aliphatic heterocycles. The summed E-state index contributed by atoms with van der Waals surface area (Å²) in [6.45, 7) is 1.02. The molecule has 11 heteroatoms. The minimum absolute atomic E-state index is 0.00610. The van der Waals surface area contributed by atoms with Gasteiger partial charge < -0.3 is 15.0 Å². The number of methoxy groups -OCH3 is 1. The van der Waals surface area contributed by atoms with Crippen LogP contribution in [0.25, 0.3) is 0 Å². The van der Waals surface area contributed by atoms with Crippen molar-refractivity contribution in [3.63, 3.8) is 0 Å². The van der Waals surface area contributed by atoms with E-state index in [0.29, 0.717) is 21.4 Å². The quantitative estimate of drug-likeness (QED) is 0.395. The second kappa shape index (κ2) is 12.3. The van der Waals surface area contributed by atoms with Gasteiger partial charge in [0.15, 0.2) is 0 Å². The second-order valence-corrected chi connectivity index (χ2v) is 10.8. The predicted octanol–water partition coefficient (Wildman–Crippen LogP) is 4.36. The fourth-order valence-electron chi connectivity index (χ4n) is 3.62. The second-order valence-electron chi connectivity index (χ2n) is 8.08. The highest BCUT2D eigenvalue weighted by atomic mass is 35.5. The molecule has 0 spiro atoms. The van der Waals surface area contributed by atoms with Crippen molar-refractivity contribution >= 4 is 50.7 Å². The van der Waals surface area contributed by atoms with Gasteiger partial charge in [-0.25, -0.2) is 8.42 Å². The van der Waals surface area contributed by atoms with Gasteiger partial charge in [-0.1, -0.05) is 47.5 Å². The molecular weight excluding hydrogens is 537 g/mol. The Labute approximate surface area is 226 Å². The van der Waals surface area contributed by atoms with Gasteiger partial charge in [-0.3, -0.25) is 13.9 Å². The first-order valence-corrected chi connectivity index (χ1v) is 13.4. The van der Waals surface area contributed by atoms with E-state index in [-0.39, 0.29) is 17.1 Å². The van der Waals surface area contributed by atoms with Crippen molar-refractivity contribution in [2.75, 3.05) is 25.0 Å². The van der Waals surface area contributed by atoms with Crippen molar-refractivity contribution in [3.05, 3.63) is 88.4 Å². The maximum atomic E-state index is 13.7. The third kappa shape index (κ3) is 6.74. The van der Waals surface area contributed by atoms with Crippen molar-refractivity contribution < 1.29 is 22.7 Å². The lowest BCUT2D eigenvalue weighted by Crippen LogP contribution is -2.50. The number of nitrogens with one attached hydrogen (secondary N) is 1. The molecule has 0 aliphatic rings. The van der Waals surface area contributed by atoms with Crippen molar-refractivity contribution in [3.8, 4) is 5.75 Å². The van der Waals surface area contributed by atoms with Crippen LogP contribution in [-0.4, -0.2) is 51.9 Å². The first kappa shape index (κ1) is 28.3. The number of likely N-dealkylation sites (N-methyl/N-ethyl adjacent to an activating group) is 1. The van der Waals surface area contributed by atoms with E-state index in [0.717, 1.165) is 4.31 Å². The summed E-state index contributed by atoms with van der Waals surface area (Å²) in [6.07, 6.45) is 0. The first-order chi connectivity index (χ1) is 17.6. The number of hydrogen-bond acceptors (Lipinski definition) is 5. The van der Waals surface area contributed by atoms with Crippen LogP contribution in [0.5, 0.6) is 5.75 Å². The Morgan fingerprint density at radius 2 is 1.62 bits per heavy atom. The molecule has 0 radical (unpaired) electrons. The number of ether oxygens (including phenoxy) is 1. The van der Waals surface area contributed by atoms with Crippen molar-refractivity contribution in [1.82, 2.24) is 10.2 Å². The number of sulfonamides is 1. The minimum Gasteiger partial charge on any atom is -0.497 e. The smallest absolute Gasteiger partial charge is 0.264 e. The van der Waals surface area contributed by atoms with E-state index in [1.807, 2.05) is 0 Å². The molecule has 3 rings (SSSR count). The molecule has 2 amide bonds. The SMILES string of the molecule is CNC(=O)[C@H](C)N(Cc1ccc(Cl)c(Cl)c1)C(=O)CN(c1ccc(OC)cc1)S(=O)(=O)c1ccccc1. The zero-order chi connectivity index (χ0) is 27.2. The summed E-state index contributed by atoms with van der Waals surface area (Å²) >= 11 is 12.2. The summed E-state index contributed by atoms with van der Waals surface area (Å²) in [4.78, 5) is 27.5. The molecule has 1 atom stereocenters. The molecule has 37 heavy (non-hydrogen) atoms. The zero-order valence-electron chi connectivity index (χ0n) is 20.5. The summed E-state index contributed by atoms with van der Waals surface area (Å²) in [5.74, 6) is -0.463. The number of benzene rings is 3. The molecule has 0 bridgehead atoms. The molecule has 0 aliphatic carbocycles. The summed E-state index contributed by atoms with van der Waals surface area (Å²) < 4.78 is 33.5. The molecular formula is C26H27Cl2N3O5S. The number of hydrogen-bond donors (Lipinski definition) is 1. The summed E-state index contributed by atoms with van der Waals surface area (Å²) in [5, 5.41) is 3.18. The molecule has 0 unspecified atom stereocenters. The van der Waals surface area contributed by atoms with Crippen LogP contribution < -0.4 is 14.4 Å². The van der Waals surface area contributed by atoms with Gasteiger partial charge in [-0.15, -0.1) is 0 Å². The number of nitrogens with zero attached hydrogens (tertiary/aromatic N) is 2. The lowest BCUT2D eigenvalue weighted by molar-refractivity contribution is -0.139. The van der Waals surface area contributed by atoms with Gasteiger partial charge >= 0.3 is 0 Å². The zero-order valence-corrected chi connectivity index (χ0v) is 22.8. The Morgan fingerprint density at radius 1 is 0.973 bits per heavy atom. The Bertz CT molecular complexity index is 1350. The lowest BCUT2D eigenvalue weighted by Gasteiger charge is -2.31. The lowest BCUT2D eigenvalue weighted by atomic mass is 10.1. The van der Waals surface area contributed by atoms with E-state index in [4.69, 9.17) is 27.9 Å². The number of amides is 2. The highest BCUT2D eigenvalue weighted by Gasteiger charge is 2.32. The normalized spacial score (nSPS) is 11.9. The van der Waals surface area contributed by atoms with Crippen LogP contribution >= 0.6 is 23.2 Å². The van der Waals surface area contributed by atoms with Crippen LogP contribution in [0.1, 0.15) is 12.5 Å². The molecule has 0 saturated heterocycles. The third-order valence-electron chi connectivity index (χ3n) is 5.72. The molecule has 3 aromatic rings. The summed E-state index contributed by atoms with van der Waals surface area (Å²) in [5.41, 5.74) is 0.889. The molecule has 1 N–H and O–H groups in total. The number of anilines is 1. The van der Waals surface area contributed by atoms with Crippen LogP contribution in [0.15, 0.2) is 77.7 Å². The number of rotatable bonds is 10. The minimum atomic E-state index is -4.13. The number of carbonyl (C=O) groups is 2. The van der Waals surface area contributed by atoms with Crippen molar-refractivity contribution in [2.45, 2.75) is 24.4 Å². The highest BCUT2D eigenvalue weighted by Crippen LogP contribution is 2.27. The predicted molar refractivity (Wildman–Crippen MR) is 145 cm³/mol. The maximum absolute atomic E-state index is 13.7. The number of halogens is 2.